The van der Waals surface area contributed by atoms with Gasteiger partial charge in [-0.2, -0.15) is 0 Å². The fourth-order valence-electron chi connectivity index (χ4n) is 4.18. The number of aryl methyl sites for hydroxylation is 1. The summed E-state index contributed by atoms with van der Waals surface area (Å²) < 4.78 is 0. The summed E-state index contributed by atoms with van der Waals surface area (Å²) in [5.74, 6) is 1.98. The van der Waals surface area contributed by atoms with E-state index in [4.69, 9.17) is 4.98 Å². The van der Waals surface area contributed by atoms with Crippen LogP contribution in [0.3, 0.4) is 0 Å². The third-order valence-electron chi connectivity index (χ3n) is 5.76. The molecule has 4 nitrogen and oxygen atoms in total. The molecular formula is C18H27N4S+. The standard InChI is InChI=1S/C18H26N4S/c1-12-4-5-14-15(10-12)23-18-16(14)17(19-11-20-18)22(3)13-6-8-21(2)9-7-13/h11-13H,4-10H2,1-3H3/p+1. The minimum atomic E-state index is 0.620. The number of hydrogen-bond donors (Lipinski definition) is 1. The molecule has 1 fully saturated rings. The maximum atomic E-state index is 4.72. The van der Waals surface area contributed by atoms with Gasteiger partial charge in [-0.3, -0.25) is 0 Å². The first-order valence-electron chi connectivity index (χ1n) is 8.93. The smallest absolute Gasteiger partial charge is 0.141 e. The van der Waals surface area contributed by atoms with Crippen molar-refractivity contribution < 1.29 is 4.90 Å². The van der Waals surface area contributed by atoms with Crippen LogP contribution in [0.15, 0.2) is 6.33 Å². The second-order valence-corrected chi connectivity index (χ2v) is 8.61. The molecule has 0 aromatic carbocycles. The van der Waals surface area contributed by atoms with E-state index in [2.05, 4.69) is 30.9 Å². The van der Waals surface area contributed by atoms with Crippen LogP contribution in [0.1, 0.15) is 36.6 Å². The van der Waals surface area contributed by atoms with Crippen molar-refractivity contribution in [3.05, 3.63) is 16.8 Å². The highest BCUT2D eigenvalue weighted by Gasteiger charge is 2.28. The van der Waals surface area contributed by atoms with Crippen LogP contribution in [-0.2, 0) is 12.8 Å². The number of thiophene rings is 1. The van der Waals surface area contributed by atoms with Gasteiger partial charge in [0.05, 0.1) is 25.5 Å². The molecular weight excluding hydrogens is 304 g/mol. The minimum Gasteiger partial charge on any atom is -0.356 e. The van der Waals surface area contributed by atoms with Gasteiger partial charge in [0, 0.05) is 30.8 Å². The Labute approximate surface area is 142 Å². The Morgan fingerprint density at radius 1 is 1.22 bits per heavy atom. The topological polar surface area (TPSA) is 33.5 Å². The molecule has 124 valence electrons. The maximum absolute atomic E-state index is 4.72. The summed E-state index contributed by atoms with van der Waals surface area (Å²) in [6, 6.07) is 0.620. The first-order valence-corrected chi connectivity index (χ1v) is 9.74. The lowest BCUT2D eigenvalue weighted by molar-refractivity contribution is -0.884. The Hall–Kier alpha value is -1.20. The van der Waals surface area contributed by atoms with Crippen molar-refractivity contribution in [2.45, 2.75) is 45.1 Å². The van der Waals surface area contributed by atoms with Crippen LogP contribution in [0.2, 0.25) is 0 Å². The number of nitrogens with one attached hydrogen (secondary N) is 1. The Balaban J connectivity index is 1.72. The number of nitrogens with zero attached hydrogens (tertiary/aromatic N) is 3. The summed E-state index contributed by atoms with van der Waals surface area (Å²) >= 11 is 1.90. The molecule has 0 radical (unpaired) electrons. The van der Waals surface area contributed by atoms with Gasteiger partial charge in [0.15, 0.2) is 0 Å². The highest BCUT2D eigenvalue weighted by Crippen LogP contribution is 2.40. The quantitative estimate of drug-likeness (QED) is 0.913. The van der Waals surface area contributed by atoms with E-state index in [1.165, 1.54) is 61.2 Å². The average Bonchev–Trinajstić information content (AvgIpc) is 2.92. The highest BCUT2D eigenvalue weighted by molar-refractivity contribution is 7.19. The van der Waals surface area contributed by atoms with Gasteiger partial charge < -0.3 is 9.80 Å². The van der Waals surface area contributed by atoms with E-state index in [-0.39, 0.29) is 0 Å². The fourth-order valence-corrected chi connectivity index (χ4v) is 5.53. The summed E-state index contributed by atoms with van der Waals surface area (Å²) in [5, 5.41) is 1.35. The summed E-state index contributed by atoms with van der Waals surface area (Å²) in [6.45, 7) is 4.90. The number of rotatable bonds is 2. The first-order chi connectivity index (χ1) is 11.1. The van der Waals surface area contributed by atoms with E-state index in [0.717, 1.165) is 5.92 Å². The first kappa shape index (κ1) is 15.3. The van der Waals surface area contributed by atoms with Crippen LogP contribution in [-0.4, -0.2) is 43.2 Å². The van der Waals surface area contributed by atoms with E-state index < -0.39 is 0 Å². The average molecular weight is 332 g/mol. The van der Waals surface area contributed by atoms with Gasteiger partial charge >= 0.3 is 0 Å². The largest absolute Gasteiger partial charge is 0.356 e. The van der Waals surface area contributed by atoms with E-state index in [0.29, 0.717) is 6.04 Å². The van der Waals surface area contributed by atoms with Crippen LogP contribution in [0.5, 0.6) is 0 Å². The summed E-state index contributed by atoms with van der Waals surface area (Å²) in [7, 11) is 4.54. The van der Waals surface area contributed by atoms with Crippen molar-refractivity contribution >= 4 is 27.4 Å². The fraction of sp³-hybridized carbons (Fsp3) is 0.667. The molecule has 5 heteroatoms. The number of fused-ring (bicyclic) bond motifs is 3. The molecule has 2 aromatic rings. The van der Waals surface area contributed by atoms with Crippen LogP contribution < -0.4 is 9.80 Å². The third-order valence-corrected chi connectivity index (χ3v) is 6.92. The second kappa shape index (κ2) is 6.02. The molecule has 0 bridgehead atoms. The Kier molecular flexibility index (Phi) is 4.01. The molecule has 3 heterocycles. The summed E-state index contributed by atoms with van der Waals surface area (Å²) in [5.41, 5.74) is 1.55. The molecule has 1 atom stereocenters. The maximum Gasteiger partial charge on any atom is 0.141 e. The number of aromatic nitrogens is 2. The van der Waals surface area contributed by atoms with Gasteiger partial charge in [-0.05, 0) is 30.7 Å². The van der Waals surface area contributed by atoms with Crippen LogP contribution in [0, 0.1) is 5.92 Å². The summed E-state index contributed by atoms with van der Waals surface area (Å²) in [4.78, 5) is 16.2. The van der Waals surface area contributed by atoms with Crippen molar-refractivity contribution in [2.75, 3.05) is 32.1 Å². The molecule has 0 amide bonds. The predicted octanol–water partition coefficient (Wildman–Crippen LogP) is 1.93. The zero-order chi connectivity index (χ0) is 16.0. The molecule has 4 rings (SSSR count). The lowest BCUT2D eigenvalue weighted by Crippen LogP contribution is -3.10. The number of likely N-dealkylation sites (tertiary alicyclic amines) is 1. The van der Waals surface area contributed by atoms with Crippen molar-refractivity contribution in [1.29, 1.82) is 0 Å². The van der Waals surface area contributed by atoms with E-state index in [9.17, 15) is 0 Å². The van der Waals surface area contributed by atoms with Crippen molar-refractivity contribution in [3.8, 4) is 0 Å². The number of anilines is 1. The van der Waals surface area contributed by atoms with Gasteiger partial charge in [-0.1, -0.05) is 6.92 Å². The lowest BCUT2D eigenvalue weighted by atomic mass is 9.89. The Morgan fingerprint density at radius 3 is 2.78 bits per heavy atom. The molecule has 1 aliphatic heterocycles. The number of piperidine rings is 1. The van der Waals surface area contributed by atoms with Crippen LogP contribution in [0.4, 0.5) is 5.82 Å². The highest BCUT2D eigenvalue weighted by atomic mass is 32.1. The van der Waals surface area contributed by atoms with Gasteiger partial charge in [-0.25, -0.2) is 9.97 Å². The minimum absolute atomic E-state index is 0.620. The van der Waals surface area contributed by atoms with Crippen molar-refractivity contribution in [2.24, 2.45) is 5.92 Å². The Morgan fingerprint density at radius 2 is 2.00 bits per heavy atom. The molecule has 0 spiro atoms. The van der Waals surface area contributed by atoms with Crippen LogP contribution >= 0.6 is 11.3 Å². The molecule has 2 aromatic heterocycles. The van der Waals surface area contributed by atoms with Gasteiger partial charge in [0.1, 0.15) is 17.0 Å². The van der Waals surface area contributed by atoms with Gasteiger partial charge in [-0.15, -0.1) is 11.3 Å². The molecule has 1 unspecified atom stereocenters. The Bertz CT molecular complexity index is 702. The van der Waals surface area contributed by atoms with Gasteiger partial charge in [0.25, 0.3) is 0 Å². The third kappa shape index (κ3) is 2.74. The summed E-state index contributed by atoms with van der Waals surface area (Å²) in [6.07, 6.45) is 8.00. The molecule has 1 N–H and O–H groups in total. The molecule has 1 saturated heterocycles. The monoisotopic (exact) mass is 331 g/mol. The predicted molar refractivity (Wildman–Crippen MR) is 96.6 cm³/mol. The SMILES string of the molecule is CC1CCc2c(sc3ncnc(N(C)C4CC[NH+](C)CC4)c23)C1. The molecule has 23 heavy (non-hydrogen) atoms. The second-order valence-electron chi connectivity index (χ2n) is 7.53. The van der Waals surface area contributed by atoms with Crippen LogP contribution in [0.25, 0.3) is 10.2 Å². The number of quaternary nitrogens is 1. The molecule has 0 saturated carbocycles. The molecule has 2 aliphatic rings. The van der Waals surface area contributed by atoms with Gasteiger partial charge in [0.2, 0.25) is 0 Å². The van der Waals surface area contributed by atoms with E-state index in [1.54, 1.807) is 21.7 Å². The van der Waals surface area contributed by atoms with E-state index >= 15 is 0 Å². The molecule has 1 aliphatic carbocycles. The lowest BCUT2D eigenvalue weighted by Gasteiger charge is -2.34. The van der Waals surface area contributed by atoms with Crippen molar-refractivity contribution in [1.82, 2.24) is 9.97 Å². The number of hydrogen-bond acceptors (Lipinski definition) is 4. The normalized spacial score (nSPS) is 27.9. The van der Waals surface area contributed by atoms with E-state index in [1.807, 2.05) is 11.3 Å². The zero-order valence-electron chi connectivity index (χ0n) is 14.4. The van der Waals surface area contributed by atoms with Crippen molar-refractivity contribution in [3.63, 3.8) is 0 Å². The zero-order valence-corrected chi connectivity index (χ0v) is 15.2.